The number of hydrogen-bond donors (Lipinski definition) is 1. The number of carbonyl (C=O) groups excluding carboxylic acids is 2. The van der Waals surface area contributed by atoms with Gasteiger partial charge in [0.05, 0.1) is 10.7 Å². The second kappa shape index (κ2) is 8.45. The van der Waals surface area contributed by atoms with Crippen molar-refractivity contribution in [1.82, 2.24) is 9.88 Å². The van der Waals surface area contributed by atoms with Gasteiger partial charge in [0.2, 0.25) is 0 Å². The molecule has 0 aliphatic rings. The summed E-state index contributed by atoms with van der Waals surface area (Å²) in [5, 5.41) is 3.14. The smallest absolute Gasteiger partial charge is 0.274 e. The second-order valence-electron chi connectivity index (χ2n) is 5.42. The van der Waals surface area contributed by atoms with Gasteiger partial charge < -0.3 is 10.2 Å². The second-order valence-corrected chi connectivity index (χ2v) is 5.83. The molecule has 5 nitrogen and oxygen atoms in total. The van der Waals surface area contributed by atoms with Crippen molar-refractivity contribution in [1.29, 1.82) is 0 Å². The number of para-hydroxylation sites is 1. The number of nitrogens with one attached hydrogen (secondary N) is 1. The number of nitrogens with zero attached hydrogens (tertiary/aromatic N) is 2. The van der Waals surface area contributed by atoms with Crippen molar-refractivity contribution < 1.29 is 9.59 Å². The molecule has 0 spiro atoms. The van der Waals surface area contributed by atoms with E-state index in [0.29, 0.717) is 17.3 Å². The number of aromatic nitrogens is 1. The molecule has 1 N–H and O–H groups in total. The fourth-order valence-electron chi connectivity index (χ4n) is 2.12. The van der Waals surface area contributed by atoms with Crippen LogP contribution < -0.4 is 5.32 Å². The fourth-order valence-corrected chi connectivity index (χ4v) is 2.30. The Hall–Kier alpha value is -2.40. The summed E-state index contributed by atoms with van der Waals surface area (Å²) >= 11 is 6.03. The Morgan fingerprint density at radius 2 is 1.83 bits per heavy atom. The number of anilines is 1. The van der Waals surface area contributed by atoms with Crippen LogP contribution in [-0.4, -0.2) is 35.3 Å². The van der Waals surface area contributed by atoms with E-state index in [4.69, 9.17) is 11.6 Å². The van der Waals surface area contributed by atoms with Crippen LogP contribution in [-0.2, 0) is 0 Å². The molecule has 1 aromatic heterocycles. The first-order chi connectivity index (χ1) is 11.5. The van der Waals surface area contributed by atoms with Gasteiger partial charge in [-0.15, -0.1) is 0 Å². The monoisotopic (exact) mass is 345 g/mol. The number of hydrogen-bond acceptors (Lipinski definition) is 3. The summed E-state index contributed by atoms with van der Waals surface area (Å²) in [5.41, 5.74) is 0.924. The number of halogens is 1. The Labute approximate surface area is 146 Å². The zero-order valence-electron chi connectivity index (χ0n) is 13.8. The van der Waals surface area contributed by atoms with Crippen LogP contribution >= 0.6 is 11.6 Å². The summed E-state index contributed by atoms with van der Waals surface area (Å²) in [7, 11) is 1.73. The molecule has 0 aliphatic heterocycles. The number of amides is 2. The van der Waals surface area contributed by atoms with Crippen molar-refractivity contribution in [3.63, 3.8) is 0 Å². The molecule has 0 bridgehead atoms. The lowest BCUT2D eigenvalue weighted by Gasteiger charge is -2.16. The first-order valence-corrected chi connectivity index (χ1v) is 8.19. The van der Waals surface area contributed by atoms with Crippen molar-refractivity contribution in [2.75, 3.05) is 18.9 Å². The Balaban J connectivity index is 2.13. The molecule has 0 radical (unpaired) electrons. The molecule has 2 amide bonds. The van der Waals surface area contributed by atoms with Gasteiger partial charge in [-0.25, -0.2) is 4.98 Å². The molecule has 2 aromatic rings. The molecule has 1 aromatic carbocycles. The Morgan fingerprint density at radius 3 is 2.54 bits per heavy atom. The Morgan fingerprint density at radius 1 is 1.12 bits per heavy atom. The van der Waals surface area contributed by atoms with Gasteiger partial charge in [0.15, 0.2) is 0 Å². The molecule has 24 heavy (non-hydrogen) atoms. The maximum Gasteiger partial charge on any atom is 0.274 e. The SMILES string of the molecule is CCCCN(C)C(=O)c1cccc(C(=O)Nc2ccccc2Cl)n1. The average Bonchev–Trinajstić information content (AvgIpc) is 2.61. The van der Waals surface area contributed by atoms with E-state index in [9.17, 15) is 9.59 Å². The van der Waals surface area contributed by atoms with Crippen LogP contribution in [0.25, 0.3) is 0 Å². The molecule has 0 aliphatic carbocycles. The van der Waals surface area contributed by atoms with Gasteiger partial charge in [0.25, 0.3) is 11.8 Å². The van der Waals surface area contributed by atoms with Crippen LogP contribution in [0.2, 0.25) is 5.02 Å². The minimum Gasteiger partial charge on any atom is -0.340 e. The summed E-state index contributed by atoms with van der Waals surface area (Å²) in [6.45, 7) is 2.73. The summed E-state index contributed by atoms with van der Waals surface area (Å²) in [6.07, 6.45) is 1.93. The van der Waals surface area contributed by atoms with E-state index < -0.39 is 5.91 Å². The van der Waals surface area contributed by atoms with Crippen molar-refractivity contribution in [3.05, 3.63) is 58.9 Å². The van der Waals surface area contributed by atoms with Gasteiger partial charge in [-0.2, -0.15) is 0 Å². The van der Waals surface area contributed by atoms with Gasteiger partial charge in [0.1, 0.15) is 11.4 Å². The molecule has 0 saturated carbocycles. The summed E-state index contributed by atoms with van der Waals surface area (Å²) < 4.78 is 0. The van der Waals surface area contributed by atoms with Crippen LogP contribution in [0.15, 0.2) is 42.5 Å². The number of unbranched alkanes of at least 4 members (excludes halogenated alkanes) is 1. The highest BCUT2D eigenvalue weighted by atomic mass is 35.5. The zero-order valence-corrected chi connectivity index (χ0v) is 14.5. The van der Waals surface area contributed by atoms with Crippen LogP contribution in [0.1, 0.15) is 40.7 Å². The van der Waals surface area contributed by atoms with E-state index in [1.807, 2.05) is 0 Å². The van der Waals surface area contributed by atoms with Crippen LogP contribution in [0.4, 0.5) is 5.69 Å². The van der Waals surface area contributed by atoms with E-state index >= 15 is 0 Å². The molecule has 6 heteroatoms. The minimum absolute atomic E-state index is 0.171. The maximum absolute atomic E-state index is 12.3. The maximum atomic E-state index is 12.3. The number of carbonyl (C=O) groups is 2. The highest BCUT2D eigenvalue weighted by Gasteiger charge is 2.16. The largest absolute Gasteiger partial charge is 0.340 e. The van der Waals surface area contributed by atoms with Crippen LogP contribution in [0.5, 0.6) is 0 Å². The standard InChI is InChI=1S/C18H20ClN3O2/c1-3-4-12-22(2)18(24)16-11-7-10-15(20-16)17(23)21-14-9-6-5-8-13(14)19/h5-11H,3-4,12H2,1-2H3,(H,21,23). The number of pyridine rings is 1. The van der Waals surface area contributed by atoms with Gasteiger partial charge in [-0.3, -0.25) is 9.59 Å². The third kappa shape index (κ3) is 4.55. The highest BCUT2D eigenvalue weighted by Crippen LogP contribution is 2.21. The quantitative estimate of drug-likeness (QED) is 0.864. The zero-order chi connectivity index (χ0) is 17.5. The molecule has 0 atom stereocenters. The lowest BCUT2D eigenvalue weighted by Crippen LogP contribution is -2.29. The molecule has 0 saturated heterocycles. The van der Waals surface area contributed by atoms with Crippen molar-refractivity contribution in [2.24, 2.45) is 0 Å². The molecule has 126 valence electrons. The van der Waals surface area contributed by atoms with Crippen molar-refractivity contribution in [3.8, 4) is 0 Å². The van der Waals surface area contributed by atoms with Gasteiger partial charge in [0, 0.05) is 13.6 Å². The fraction of sp³-hybridized carbons (Fsp3) is 0.278. The van der Waals surface area contributed by atoms with Crippen molar-refractivity contribution in [2.45, 2.75) is 19.8 Å². The molecule has 0 fully saturated rings. The Bertz CT molecular complexity index is 734. The normalized spacial score (nSPS) is 10.3. The third-order valence-electron chi connectivity index (χ3n) is 3.52. The summed E-state index contributed by atoms with van der Waals surface area (Å²) in [6, 6.07) is 11.8. The predicted octanol–water partition coefficient (Wildman–Crippen LogP) is 3.86. The van der Waals surface area contributed by atoms with E-state index in [1.165, 1.54) is 0 Å². The molecule has 1 heterocycles. The first kappa shape index (κ1) is 17.9. The van der Waals surface area contributed by atoms with Crippen molar-refractivity contribution >= 4 is 29.1 Å². The molecular formula is C18H20ClN3O2. The number of rotatable bonds is 6. The highest BCUT2D eigenvalue weighted by molar-refractivity contribution is 6.33. The summed E-state index contributed by atoms with van der Waals surface area (Å²) in [5.74, 6) is -0.607. The minimum atomic E-state index is -0.408. The first-order valence-electron chi connectivity index (χ1n) is 7.81. The van der Waals surface area contributed by atoms with E-state index in [2.05, 4.69) is 17.2 Å². The van der Waals surface area contributed by atoms with Crippen LogP contribution in [0, 0.1) is 0 Å². The van der Waals surface area contributed by atoms with E-state index in [-0.39, 0.29) is 17.3 Å². The molecule has 2 rings (SSSR count). The lowest BCUT2D eigenvalue weighted by molar-refractivity contribution is 0.0787. The van der Waals surface area contributed by atoms with Gasteiger partial charge >= 0.3 is 0 Å². The van der Waals surface area contributed by atoms with Gasteiger partial charge in [-0.1, -0.05) is 43.1 Å². The topological polar surface area (TPSA) is 62.3 Å². The Kier molecular flexibility index (Phi) is 6.32. The predicted molar refractivity (Wildman–Crippen MR) is 95.5 cm³/mol. The molecule has 0 unspecified atom stereocenters. The molecular weight excluding hydrogens is 326 g/mol. The lowest BCUT2D eigenvalue weighted by atomic mass is 10.2. The number of benzene rings is 1. The summed E-state index contributed by atoms with van der Waals surface area (Å²) in [4.78, 5) is 30.5. The van der Waals surface area contributed by atoms with E-state index in [1.54, 1.807) is 54.4 Å². The van der Waals surface area contributed by atoms with Crippen LogP contribution in [0.3, 0.4) is 0 Å². The van der Waals surface area contributed by atoms with Gasteiger partial charge in [-0.05, 0) is 30.7 Å². The van der Waals surface area contributed by atoms with E-state index in [0.717, 1.165) is 12.8 Å². The third-order valence-corrected chi connectivity index (χ3v) is 3.85. The average molecular weight is 346 g/mol.